The molecule has 0 aromatic carbocycles. The quantitative estimate of drug-likeness (QED) is 0.874. The topological polar surface area (TPSA) is 81.2 Å². The number of carbonyl (C=O) groups excluding carboxylic acids is 1. The molecule has 0 radical (unpaired) electrons. The van der Waals surface area contributed by atoms with Gasteiger partial charge in [-0.05, 0) is 26.0 Å². The lowest BCUT2D eigenvalue weighted by Crippen LogP contribution is -2.45. The molecule has 1 aliphatic rings. The first-order valence-corrected chi connectivity index (χ1v) is 7.36. The van der Waals surface area contributed by atoms with Crippen LogP contribution in [0.3, 0.4) is 0 Å². The molecule has 0 bridgehead atoms. The largest absolute Gasteiger partial charge is 0.482 e. The average molecular weight is 304 g/mol. The molecule has 2 atom stereocenters. The smallest absolute Gasteiger partial charge is 0.268 e. The Kier molecular flexibility index (Phi) is 4.15. The van der Waals surface area contributed by atoms with Crippen LogP contribution in [0.2, 0.25) is 0 Å². The number of nitrogens with one attached hydrogen (secondary N) is 2. The van der Waals surface area contributed by atoms with E-state index in [0.29, 0.717) is 24.7 Å². The van der Waals surface area contributed by atoms with Gasteiger partial charge in [-0.3, -0.25) is 9.89 Å². The second kappa shape index (κ2) is 6.23. The summed E-state index contributed by atoms with van der Waals surface area (Å²) in [5, 5.41) is 9.53. The number of nitrogens with zero attached hydrogens (tertiary/aromatic N) is 2. The van der Waals surface area contributed by atoms with Gasteiger partial charge in [0.2, 0.25) is 0 Å². The number of aromatic amines is 1. The lowest BCUT2D eigenvalue weighted by atomic mass is 10.2. The maximum absolute atomic E-state index is 12.5. The molecule has 7 heteroatoms. The average Bonchev–Trinajstić information content (AvgIpc) is 3.20. The normalized spacial score (nSPS) is 21.2. The van der Waals surface area contributed by atoms with Crippen molar-refractivity contribution in [1.29, 1.82) is 0 Å². The third-order valence-electron chi connectivity index (χ3n) is 3.67. The fraction of sp³-hybridized carbons (Fsp3) is 0.467. The van der Waals surface area contributed by atoms with Crippen molar-refractivity contribution in [3.8, 4) is 5.75 Å². The maximum atomic E-state index is 12.5. The van der Waals surface area contributed by atoms with E-state index in [2.05, 4.69) is 15.5 Å². The maximum Gasteiger partial charge on any atom is 0.268 e. The van der Waals surface area contributed by atoms with Crippen LogP contribution in [-0.4, -0.2) is 46.0 Å². The highest BCUT2D eigenvalue weighted by atomic mass is 16.5. The zero-order valence-electron chi connectivity index (χ0n) is 12.7. The second-order valence-electron chi connectivity index (χ2n) is 5.60. The summed E-state index contributed by atoms with van der Waals surface area (Å²) in [5.41, 5.74) is 0.643. The summed E-state index contributed by atoms with van der Waals surface area (Å²) < 4.78 is 13.2. The van der Waals surface area contributed by atoms with Crippen LogP contribution < -0.4 is 10.1 Å². The minimum Gasteiger partial charge on any atom is -0.482 e. The van der Waals surface area contributed by atoms with Crippen molar-refractivity contribution in [2.24, 2.45) is 0 Å². The number of H-pyrrole nitrogens is 1. The number of ether oxygens (including phenoxy) is 2. The van der Waals surface area contributed by atoms with Gasteiger partial charge >= 0.3 is 0 Å². The molecule has 2 aromatic heterocycles. The Morgan fingerprint density at radius 3 is 3.14 bits per heavy atom. The molecule has 7 nitrogen and oxygen atoms in total. The summed E-state index contributed by atoms with van der Waals surface area (Å²) in [6, 6.07) is 3.74. The lowest BCUT2D eigenvalue weighted by Gasteiger charge is -2.20. The van der Waals surface area contributed by atoms with Gasteiger partial charge < -0.3 is 19.4 Å². The van der Waals surface area contributed by atoms with Crippen LogP contribution in [0.25, 0.3) is 0 Å². The van der Waals surface area contributed by atoms with Crippen molar-refractivity contribution in [1.82, 2.24) is 20.1 Å². The Labute approximate surface area is 128 Å². The molecule has 0 aliphatic carbocycles. The van der Waals surface area contributed by atoms with Crippen LogP contribution in [0.4, 0.5) is 0 Å². The summed E-state index contributed by atoms with van der Waals surface area (Å²) >= 11 is 0. The minimum absolute atomic E-state index is 0.116. The summed E-state index contributed by atoms with van der Waals surface area (Å²) in [6.45, 7) is 4.97. The number of aromatic nitrogens is 3. The molecule has 3 rings (SSSR count). The van der Waals surface area contributed by atoms with E-state index < -0.39 is 0 Å². The molecule has 0 spiro atoms. The summed E-state index contributed by atoms with van der Waals surface area (Å²) in [7, 11) is 0. The van der Waals surface area contributed by atoms with E-state index in [-0.39, 0.29) is 24.1 Å². The highest BCUT2D eigenvalue weighted by Gasteiger charge is 2.32. The fourth-order valence-corrected chi connectivity index (χ4v) is 2.54. The van der Waals surface area contributed by atoms with Crippen molar-refractivity contribution in [3.63, 3.8) is 0 Å². The van der Waals surface area contributed by atoms with Crippen LogP contribution >= 0.6 is 0 Å². The fourth-order valence-electron chi connectivity index (χ4n) is 2.54. The second-order valence-corrected chi connectivity index (χ2v) is 5.60. The zero-order valence-corrected chi connectivity index (χ0v) is 12.7. The Hall–Kier alpha value is -2.28. The van der Waals surface area contributed by atoms with E-state index in [9.17, 15) is 4.79 Å². The Morgan fingerprint density at radius 2 is 2.41 bits per heavy atom. The van der Waals surface area contributed by atoms with Gasteiger partial charge in [0.05, 0.1) is 31.6 Å². The van der Waals surface area contributed by atoms with Crippen molar-refractivity contribution in [2.75, 3.05) is 13.2 Å². The molecule has 1 saturated heterocycles. The first-order chi connectivity index (χ1) is 10.6. The third kappa shape index (κ3) is 2.99. The minimum atomic E-state index is -0.219. The molecule has 22 heavy (non-hydrogen) atoms. The van der Waals surface area contributed by atoms with E-state index >= 15 is 0 Å². The van der Waals surface area contributed by atoms with Crippen molar-refractivity contribution in [2.45, 2.75) is 32.0 Å². The number of rotatable bonds is 5. The number of hydrogen-bond donors (Lipinski definition) is 2. The van der Waals surface area contributed by atoms with Crippen molar-refractivity contribution in [3.05, 3.63) is 36.4 Å². The van der Waals surface area contributed by atoms with Crippen molar-refractivity contribution >= 4 is 5.91 Å². The van der Waals surface area contributed by atoms with Crippen LogP contribution in [0.5, 0.6) is 5.75 Å². The Balaban J connectivity index is 1.66. The Bertz CT molecular complexity index is 621. The molecule has 118 valence electrons. The number of amides is 1. The Morgan fingerprint density at radius 1 is 1.55 bits per heavy atom. The molecule has 3 heterocycles. The number of carbonyl (C=O) groups is 1. The molecular formula is C15H20N4O3. The standard InChI is InChI=1S/C15H20N4O3/c1-10(2)19-5-3-4-13(19)15(20)18-12-8-21-9-14(12)22-11-6-16-17-7-11/h3-7,10,12,14H,8-9H2,1-2H3,(H,16,17)(H,18,20)/t12-,14+/m0/s1. The van der Waals surface area contributed by atoms with E-state index in [1.165, 1.54) is 0 Å². The number of hydrogen-bond acceptors (Lipinski definition) is 4. The molecule has 1 aliphatic heterocycles. The molecule has 2 N–H and O–H groups in total. The van der Waals surface area contributed by atoms with Crippen LogP contribution in [0.1, 0.15) is 30.4 Å². The van der Waals surface area contributed by atoms with Crippen LogP contribution in [-0.2, 0) is 4.74 Å². The molecule has 1 fully saturated rings. The molecule has 0 unspecified atom stereocenters. The lowest BCUT2D eigenvalue weighted by molar-refractivity contribution is 0.0893. The zero-order chi connectivity index (χ0) is 15.5. The van der Waals surface area contributed by atoms with E-state index in [4.69, 9.17) is 9.47 Å². The molecular weight excluding hydrogens is 284 g/mol. The first-order valence-electron chi connectivity index (χ1n) is 7.36. The summed E-state index contributed by atoms with van der Waals surface area (Å²) in [5.74, 6) is 0.523. The van der Waals surface area contributed by atoms with Gasteiger partial charge in [-0.25, -0.2) is 0 Å². The van der Waals surface area contributed by atoms with Gasteiger partial charge in [0.15, 0.2) is 5.75 Å². The van der Waals surface area contributed by atoms with Crippen molar-refractivity contribution < 1.29 is 14.3 Å². The molecule has 1 amide bonds. The molecule has 2 aromatic rings. The summed E-state index contributed by atoms with van der Waals surface area (Å²) in [6.07, 6.45) is 4.95. The van der Waals surface area contributed by atoms with E-state index in [1.54, 1.807) is 12.4 Å². The third-order valence-corrected chi connectivity index (χ3v) is 3.67. The van der Waals surface area contributed by atoms with Gasteiger partial charge in [-0.15, -0.1) is 0 Å². The van der Waals surface area contributed by atoms with E-state index in [1.807, 2.05) is 36.7 Å². The van der Waals surface area contributed by atoms with Gasteiger partial charge in [0.25, 0.3) is 5.91 Å². The monoisotopic (exact) mass is 304 g/mol. The van der Waals surface area contributed by atoms with E-state index in [0.717, 1.165) is 0 Å². The van der Waals surface area contributed by atoms with Crippen LogP contribution in [0.15, 0.2) is 30.7 Å². The van der Waals surface area contributed by atoms with Gasteiger partial charge in [-0.2, -0.15) is 5.10 Å². The SMILES string of the molecule is CC(C)n1cccc1C(=O)N[C@H]1COC[C@H]1Oc1cn[nH]c1. The first kappa shape index (κ1) is 14.6. The highest BCUT2D eigenvalue weighted by molar-refractivity contribution is 5.93. The summed E-state index contributed by atoms with van der Waals surface area (Å²) in [4.78, 5) is 12.5. The highest BCUT2D eigenvalue weighted by Crippen LogP contribution is 2.17. The molecule has 0 saturated carbocycles. The van der Waals surface area contributed by atoms with Gasteiger partial charge in [0, 0.05) is 12.2 Å². The van der Waals surface area contributed by atoms with Gasteiger partial charge in [0.1, 0.15) is 11.8 Å². The predicted molar refractivity (Wildman–Crippen MR) is 79.9 cm³/mol. The van der Waals surface area contributed by atoms with Crippen LogP contribution in [0, 0.1) is 0 Å². The van der Waals surface area contributed by atoms with Gasteiger partial charge in [-0.1, -0.05) is 0 Å². The predicted octanol–water partition coefficient (Wildman–Crippen LogP) is 1.37.